The lowest BCUT2D eigenvalue weighted by Gasteiger charge is -2.28. The number of ether oxygens (including phenoxy) is 1. The molecule has 32 nitrogen and oxygen atoms in total. The first-order valence-electron chi connectivity index (χ1n) is 46.8. The first-order chi connectivity index (χ1) is 70.2. The van der Waals surface area contributed by atoms with Gasteiger partial charge in [-0.1, -0.05) is 114 Å². The normalized spacial score (nSPS) is 12.1. The van der Waals surface area contributed by atoms with Crippen LogP contribution in [0.25, 0.3) is 212 Å². The Hall–Kier alpha value is -18.5. The highest BCUT2D eigenvalue weighted by Gasteiger charge is 2.26. The number of H-pyrrole nitrogens is 8. The molecular weight excluding hydrogens is 1820 g/mol. The number of imidazole rings is 4. The Bertz CT molecular complexity index is 8730. The van der Waals surface area contributed by atoms with Gasteiger partial charge in [0, 0.05) is 148 Å². The first-order valence-corrected chi connectivity index (χ1v) is 46.8. The fraction of sp³-hybridized carbons (Fsp3) is 0.147. The number of carbonyl (C=O) groups excluding carboxylic acids is 3. The highest BCUT2D eigenvalue weighted by Crippen LogP contribution is 2.41. The minimum atomic E-state index is -0.336. The van der Waals surface area contributed by atoms with E-state index in [0.717, 1.165) is 176 Å². The van der Waals surface area contributed by atoms with Gasteiger partial charge in [-0.25, -0.2) is 33.1 Å². The zero-order valence-corrected chi connectivity index (χ0v) is 78.5. The highest BCUT2D eigenvalue weighted by atomic mass is 19.1. The summed E-state index contributed by atoms with van der Waals surface area (Å²) in [6, 6.07) is 53.0. The molecule has 35 heteroatoms. The number of benzene rings is 7. The number of aromatic nitrogens is 24. The third kappa shape index (κ3) is 19.7. The van der Waals surface area contributed by atoms with E-state index in [4.69, 9.17) is 24.7 Å². The number of hydrogen-bond donors (Lipinski definition) is 11. The number of rotatable bonds is 21. The van der Waals surface area contributed by atoms with E-state index in [1.807, 2.05) is 151 Å². The molecule has 0 spiro atoms. The van der Waals surface area contributed by atoms with Gasteiger partial charge in [-0.05, 0) is 154 Å². The molecule has 0 aliphatic carbocycles. The van der Waals surface area contributed by atoms with Gasteiger partial charge in [0.1, 0.15) is 51.3 Å². The van der Waals surface area contributed by atoms with E-state index in [1.165, 1.54) is 30.3 Å². The fourth-order valence-electron chi connectivity index (χ4n) is 17.6. The summed E-state index contributed by atoms with van der Waals surface area (Å²) in [4.78, 5) is 106. The lowest BCUT2D eigenvalue weighted by Crippen LogP contribution is -2.36. The minimum absolute atomic E-state index is 0.0362. The molecular formula is C109H91F3N28O4. The van der Waals surface area contributed by atoms with Crippen LogP contribution in [0.1, 0.15) is 60.8 Å². The van der Waals surface area contributed by atoms with Crippen molar-refractivity contribution in [2.75, 3.05) is 47.2 Å². The third-order valence-electron chi connectivity index (χ3n) is 24.4. The van der Waals surface area contributed by atoms with E-state index in [1.54, 1.807) is 117 Å². The number of pyridine rings is 8. The number of carbonyl (C=O) groups is 3. The van der Waals surface area contributed by atoms with Gasteiger partial charge in [-0.3, -0.25) is 74.7 Å². The largest absolute Gasteiger partial charge is 0.378 e. The topological polar surface area (TPSA) is 432 Å². The number of amides is 3. The standard InChI is InChI=1S/3C29H24FN7O.C22H19N7O/c1-16(2)9-26(38)33-21-10-19(12-31-13-21)18-5-8-24-22(11-18)28(37-36-24)29-34-25-15-32-14-23(27(25)35-29)17-3-6-20(30)7-4-17;1-16(2)8-26(38)33-21-10-19(12-31-13-21)17-6-7-24-22(11-17)28(37-36-24)29-34-25-15-32-14-23(27(25)35-29)18-4-3-5-20(30)9-18;1-16(2)9-26(38)33-19-10-18(12-31-13-19)17-7-8-24-21(11-17)28(37-36-24)29-34-25-15-32-14-22(27(25)35-29)20-5-3-4-6-23(20)30;1-2-15(11-23-5-1)14-3-4-17-16(10-14)20(28-27-17)22-25-18-12-24-13-19(21(18)26-22)29-6-8-30-9-7-29/h3-8,10-16H,9H2,1-2H3,(H,33,38)(H,34,35)(H,36,37);3-7,9-16H,8H2,1-2H3,(H,33,38)(H,34,35)(H,36,37);3-8,10-16H,9H2,1-2H3,(H,33,38)(H,34,35)(H,36,37);1-5,10-13H,6-9H2,(H,25,26)(H,27,28). The predicted octanol–water partition coefficient (Wildman–Crippen LogP) is 22.5. The molecule has 24 rings (SSSR count). The van der Waals surface area contributed by atoms with E-state index in [9.17, 15) is 27.6 Å². The molecule has 0 atom stereocenters. The molecule has 0 saturated carbocycles. The number of halogens is 3. The Balaban J connectivity index is 0.000000114. The molecule has 144 heavy (non-hydrogen) atoms. The van der Waals surface area contributed by atoms with Gasteiger partial charge in [-0.15, -0.1) is 0 Å². The maximum absolute atomic E-state index is 14.5. The molecule has 17 heterocycles. The summed E-state index contributed by atoms with van der Waals surface area (Å²) in [6.45, 7) is 15.1. The van der Waals surface area contributed by atoms with Crippen molar-refractivity contribution < 1.29 is 32.3 Å². The number of anilines is 4. The molecule has 0 bridgehead atoms. The Morgan fingerprint density at radius 1 is 0.319 bits per heavy atom. The Labute approximate surface area is 818 Å². The Kier molecular flexibility index (Phi) is 25.6. The van der Waals surface area contributed by atoms with Gasteiger partial charge in [0.15, 0.2) is 23.3 Å². The summed E-state index contributed by atoms with van der Waals surface area (Å²) in [7, 11) is 0. The average Bonchev–Trinajstić information content (AvgIpc) is 1.63. The summed E-state index contributed by atoms with van der Waals surface area (Å²) in [5, 5.41) is 42.8. The molecule has 0 unspecified atom stereocenters. The number of hydrogen-bond acceptors (Lipinski definition) is 21. The van der Waals surface area contributed by atoms with Gasteiger partial charge in [0.05, 0.1) is 141 Å². The van der Waals surface area contributed by atoms with Crippen LogP contribution >= 0.6 is 0 Å². The molecule has 0 radical (unpaired) electrons. The van der Waals surface area contributed by atoms with Crippen molar-refractivity contribution in [3.63, 3.8) is 0 Å². The molecule has 1 aliphatic rings. The predicted molar refractivity (Wildman–Crippen MR) is 552 cm³/mol. The van der Waals surface area contributed by atoms with E-state index >= 15 is 0 Å². The van der Waals surface area contributed by atoms with Crippen molar-refractivity contribution in [1.29, 1.82) is 0 Å². The van der Waals surface area contributed by atoms with Crippen molar-refractivity contribution in [3.05, 3.63) is 293 Å². The summed E-state index contributed by atoms with van der Waals surface area (Å²) in [5.41, 5.74) is 26.8. The first kappa shape index (κ1) is 91.8. The number of aromatic amines is 8. The van der Waals surface area contributed by atoms with E-state index in [-0.39, 0.29) is 52.9 Å². The van der Waals surface area contributed by atoms with Crippen LogP contribution in [0.4, 0.5) is 35.9 Å². The van der Waals surface area contributed by atoms with Gasteiger partial charge in [0.2, 0.25) is 17.7 Å². The van der Waals surface area contributed by atoms with Crippen LogP contribution < -0.4 is 20.9 Å². The summed E-state index contributed by atoms with van der Waals surface area (Å²) < 4.78 is 47.4. The van der Waals surface area contributed by atoms with Crippen molar-refractivity contribution >= 4 is 128 Å². The second-order valence-corrected chi connectivity index (χ2v) is 36.1. The quantitative estimate of drug-likeness (QED) is 0.0318. The van der Waals surface area contributed by atoms with Crippen molar-refractivity contribution in [3.8, 4) is 124 Å². The molecule has 1 saturated heterocycles. The SMILES string of the molecule is CC(C)CC(=O)Nc1cncc(-c2ccc3[nH]nc(-c4nc5c(-c6ccc(F)cc6)cncc5[nH]4)c3c2)c1.CC(C)CC(=O)Nc1cncc(-c2ccc3[nH]nc(-c4nc5c(-c6cccc(F)c6)cncc5[nH]4)c3c2)c1.CC(C)CC(=O)Nc1cncc(-c2ccc3[nH]nc(-c4nc5c(-c6ccccc6F)cncc5[nH]4)c3c2)c1.c1cncc(-c2ccc3[nH]nc(-c4nc5c(N6CCOCC6)cncc5[nH]4)c3c2)c1. The molecule has 1 aliphatic heterocycles. The molecule has 712 valence electrons. The Morgan fingerprint density at radius 2 is 0.688 bits per heavy atom. The number of fused-ring (bicyclic) bond motifs is 8. The Morgan fingerprint density at radius 3 is 1.10 bits per heavy atom. The van der Waals surface area contributed by atoms with E-state index in [0.29, 0.717) is 104 Å². The summed E-state index contributed by atoms with van der Waals surface area (Å²) >= 11 is 0. The third-order valence-corrected chi connectivity index (χ3v) is 24.4. The van der Waals surface area contributed by atoms with Crippen LogP contribution in [0, 0.1) is 35.2 Å². The monoisotopic (exact) mass is 1910 g/mol. The minimum Gasteiger partial charge on any atom is -0.378 e. The second kappa shape index (κ2) is 40.1. The molecule has 1 fully saturated rings. The van der Waals surface area contributed by atoms with Gasteiger partial charge < -0.3 is 45.5 Å². The van der Waals surface area contributed by atoms with Crippen LogP contribution in [0.2, 0.25) is 0 Å². The fourth-order valence-corrected chi connectivity index (χ4v) is 17.6. The van der Waals surface area contributed by atoms with Crippen molar-refractivity contribution in [1.82, 2.24) is 121 Å². The lowest BCUT2D eigenvalue weighted by molar-refractivity contribution is -0.117. The summed E-state index contributed by atoms with van der Waals surface area (Å²) in [6.07, 6.45) is 29.0. The second-order valence-electron chi connectivity index (χ2n) is 36.1. The van der Waals surface area contributed by atoms with Crippen LogP contribution in [0.15, 0.2) is 275 Å². The zero-order valence-electron chi connectivity index (χ0n) is 78.5. The van der Waals surface area contributed by atoms with Crippen LogP contribution in [-0.2, 0) is 19.1 Å². The van der Waals surface area contributed by atoms with Crippen molar-refractivity contribution in [2.45, 2.75) is 60.8 Å². The number of nitrogens with one attached hydrogen (secondary N) is 11. The van der Waals surface area contributed by atoms with Crippen molar-refractivity contribution in [2.24, 2.45) is 17.8 Å². The zero-order chi connectivity index (χ0) is 98.6. The smallest absolute Gasteiger partial charge is 0.224 e. The molecule has 11 N–H and O–H groups in total. The number of nitrogens with zero attached hydrogens (tertiary/aromatic N) is 17. The van der Waals surface area contributed by atoms with Crippen LogP contribution in [-0.4, -0.2) is 165 Å². The average molecular weight is 1910 g/mol. The maximum Gasteiger partial charge on any atom is 0.224 e. The number of morpholine rings is 1. The van der Waals surface area contributed by atoms with E-state index in [2.05, 4.69) is 140 Å². The molecule has 3 amide bonds. The molecule has 23 aromatic rings. The molecule has 16 aromatic heterocycles. The van der Waals surface area contributed by atoms with Gasteiger partial charge in [-0.2, -0.15) is 20.4 Å². The van der Waals surface area contributed by atoms with Gasteiger partial charge >= 0.3 is 0 Å². The van der Waals surface area contributed by atoms with Crippen LogP contribution in [0.5, 0.6) is 0 Å². The lowest BCUT2D eigenvalue weighted by atomic mass is 10.0. The summed E-state index contributed by atoms with van der Waals surface area (Å²) in [5.74, 6) is 2.17. The van der Waals surface area contributed by atoms with Gasteiger partial charge in [0.25, 0.3) is 0 Å². The maximum atomic E-state index is 14.5. The highest BCUT2D eigenvalue weighted by molar-refractivity contribution is 6.04. The van der Waals surface area contributed by atoms with Crippen LogP contribution in [0.3, 0.4) is 0 Å². The van der Waals surface area contributed by atoms with E-state index < -0.39 is 0 Å². The molecule has 7 aromatic carbocycles.